The Labute approximate surface area is 139 Å². The van der Waals surface area contributed by atoms with Crippen LogP contribution in [-0.2, 0) is 0 Å². The summed E-state index contributed by atoms with van der Waals surface area (Å²) in [6, 6.07) is 7.73. The van der Waals surface area contributed by atoms with Gasteiger partial charge in [-0.15, -0.1) is 0 Å². The van der Waals surface area contributed by atoms with Crippen LogP contribution in [0.15, 0.2) is 29.1 Å². The van der Waals surface area contributed by atoms with Crippen molar-refractivity contribution >= 4 is 34.7 Å². The number of aromatic amines is 1. The third-order valence-electron chi connectivity index (χ3n) is 3.88. The lowest BCUT2D eigenvalue weighted by atomic mass is 10.2. The van der Waals surface area contributed by atoms with Crippen molar-refractivity contribution in [3.63, 3.8) is 0 Å². The number of hydrogen-bond acceptors (Lipinski definition) is 5. The zero-order valence-electron chi connectivity index (χ0n) is 12.9. The van der Waals surface area contributed by atoms with Crippen LogP contribution in [0, 0.1) is 6.92 Å². The van der Waals surface area contributed by atoms with Gasteiger partial charge in [0.25, 0.3) is 5.56 Å². The summed E-state index contributed by atoms with van der Waals surface area (Å²) in [4.78, 5) is 21.8. The quantitative estimate of drug-likeness (QED) is 0.747. The Kier molecular flexibility index (Phi) is 4.29. The molecule has 1 aliphatic heterocycles. The van der Waals surface area contributed by atoms with Crippen molar-refractivity contribution in [3.05, 3.63) is 45.7 Å². The van der Waals surface area contributed by atoms with Gasteiger partial charge in [-0.3, -0.25) is 9.78 Å². The number of hydrogen-bond donors (Lipinski definition) is 3. The lowest BCUT2D eigenvalue weighted by molar-refractivity contribution is 0.891. The number of nitrogens with one attached hydrogen (secondary N) is 2. The molecule has 2 heterocycles. The first-order chi connectivity index (χ1) is 11.0. The van der Waals surface area contributed by atoms with E-state index in [0.29, 0.717) is 5.95 Å². The molecule has 0 radical (unpaired) electrons. The van der Waals surface area contributed by atoms with E-state index in [1.807, 2.05) is 36.1 Å². The summed E-state index contributed by atoms with van der Waals surface area (Å²) in [5, 5.41) is 3.03. The highest BCUT2D eigenvalue weighted by atomic mass is 32.1. The third-order valence-corrected chi connectivity index (χ3v) is 4.18. The Morgan fingerprint density at radius 2 is 1.96 bits per heavy atom. The van der Waals surface area contributed by atoms with Crippen LogP contribution in [0.4, 0.5) is 17.5 Å². The number of nitrogens with two attached hydrogens (primary N) is 1. The van der Waals surface area contributed by atoms with Crippen molar-refractivity contribution in [3.8, 4) is 0 Å². The number of H-pyrrole nitrogens is 1. The minimum atomic E-state index is -0.316. The molecule has 1 aliphatic rings. The molecule has 7 heteroatoms. The number of aryl methyl sites for hydroxylation is 1. The number of aromatic nitrogens is 2. The molecule has 2 aromatic rings. The molecule has 1 aromatic heterocycles. The summed E-state index contributed by atoms with van der Waals surface area (Å²) in [6.07, 6.45) is 2.19. The second-order valence-electron chi connectivity index (χ2n) is 5.66. The molecule has 4 N–H and O–H groups in total. The summed E-state index contributed by atoms with van der Waals surface area (Å²) in [6.45, 7) is 3.77. The van der Waals surface area contributed by atoms with E-state index in [4.69, 9.17) is 18.0 Å². The minimum absolute atomic E-state index is 0.153. The first kappa shape index (κ1) is 15.5. The van der Waals surface area contributed by atoms with E-state index >= 15 is 0 Å². The van der Waals surface area contributed by atoms with Gasteiger partial charge in [-0.05, 0) is 31.9 Å². The number of benzene rings is 1. The predicted molar refractivity (Wildman–Crippen MR) is 97.2 cm³/mol. The number of nitrogens with zero attached hydrogens (tertiary/aromatic N) is 2. The number of thiocarbonyl (C=S) groups is 1. The molecule has 1 aromatic carbocycles. The van der Waals surface area contributed by atoms with Crippen molar-refractivity contribution < 1.29 is 0 Å². The Balaban J connectivity index is 1.85. The van der Waals surface area contributed by atoms with Crippen molar-refractivity contribution in [1.29, 1.82) is 0 Å². The average Bonchev–Trinajstić information content (AvgIpc) is 3.03. The normalized spacial score (nSPS) is 14.0. The summed E-state index contributed by atoms with van der Waals surface area (Å²) in [7, 11) is 0. The molecule has 1 fully saturated rings. The molecule has 0 aliphatic carbocycles. The van der Waals surface area contributed by atoms with Gasteiger partial charge in [-0.25, -0.2) is 0 Å². The van der Waals surface area contributed by atoms with Gasteiger partial charge < -0.3 is 16.0 Å². The molecule has 3 rings (SSSR count). The molecule has 0 bridgehead atoms. The highest BCUT2D eigenvalue weighted by Gasteiger charge is 2.19. The van der Waals surface area contributed by atoms with Crippen molar-refractivity contribution in [2.24, 2.45) is 0 Å². The summed E-state index contributed by atoms with van der Waals surface area (Å²) >= 11 is 5.32. The summed E-state index contributed by atoms with van der Waals surface area (Å²) in [5.41, 5.74) is 7.84. The van der Waals surface area contributed by atoms with Gasteiger partial charge in [0.1, 0.15) is 16.4 Å². The van der Waals surface area contributed by atoms with E-state index in [0.717, 1.165) is 37.2 Å². The maximum absolute atomic E-state index is 12.4. The maximum atomic E-state index is 12.4. The highest BCUT2D eigenvalue weighted by Crippen LogP contribution is 2.17. The van der Waals surface area contributed by atoms with Crippen LogP contribution in [0.3, 0.4) is 0 Å². The van der Waals surface area contributed by atoms with Crippen LogP contribution in [0.25, 0.3) is 0 Å². The van der Waals surface area contributed by atoms with Gasteiger partial charge in [0.15, 0.2) is 0 Å². The first-order valence-electron chi connectivity index (χ1n) is 7.57. The fraction of sp³-hybridized carbons (Fsp3) is 0.312. The van der Waals surface area contributed by atoms with Crippen LogP contribution in [0.2, 0.25) is 0 Å². The third kappa shape index (κ3) is 3.34. The number of rotatable bonds is 3. The average molecular weight is 329 g/mol. The molecule has 6 nitrogen and oxygen atoms in total. The molecule has 0 saturated carbocycles. The van der Waals surface area contributed by atoms with Gasteiger partial charge in [0.2, 0.25) is 5.95 Å². The molecular weight excluding hydrogens is 310 g/mol. The molecule has 23 heavy (non-hydrogen) atoms. The van der Waals surface area contributed by atoms with Gasteiger partial charge in [-0.2, -0.15) is 4.98 Å². The fourth-order valence-electron chi connectivity index (χ4n) is 2.61. The second-order valence-corrected chi connectivity index (χ2v) is 6.07. The monoisotopic (exact) mass is 329 g/mol. The molecule has 0 atom stereocenters. The minimum Gasteiger partial charge on any atom is -0.383 e. The van der Waals surface area contributed by atoms with E-state index in [1.54, 1.807) is 0 Å². The Hall–Kier alpha value is -2.41. The smallest absolute Gasteiger partial charge is 0.264 e. The molecular formula is C16H19N5OS. The van der Waals surface area contributed by atoms with Gasteiger partial charge in [-0.1, -0.05) is 29.9 Å². The maximum Gasteiger partial charge on any atom is 0.264 e. The lowest BCUT2D eigenvalue weighted by Crippen LogP contribution is -2.30. The fourth-order valence-corrected chi connectivity index (χ4v) is 2.92. The molecule has 0 unspecified atom stereocenters. The summed E-state index contributed by atoms with van der Waals surface area (Å²) < 4.78 is 0. The van der Waals surface area contributed by atoms with Crippen LogP contribution in [0.1, 0.15) is 24.0 Å². The predicted octanol–water partition coefficient (Wildman–Crippen LogP) is 2.05. The zero-order valence-corrected chi connectivity index (χ0v) is 13.7. The van der Waals surface area contributed by atoms with E-state index in [-0.39, 0.29) is 21.9 Å². The van der Waals surface area contributed by atoms with Crippen LogP contribution in [0.5, 0.6) is 0 Å². The second kappa shape index (κ2) is 6.37. The van der Waals surface area contributed by atoms with E-state index in [9.17, 15) is 4.79 Å². The molecule has 120 valence electrons. The van der Waals surface area contributed by atoms with E-state index in [2.05, 4.69) is 15.3 Å². The molecule has 0 amide bonds. The lowest BCUT2D eigenvalue weighted by Gasteiger charge is -2.17. The highest BCUT2D eigenvalue weighted by molar-refractivity contribution is 7.81. The van der Waals surface area contributed by atoms with E-state index < -0.39 is 0 Å². The van der Waals surface area contributed by atoms with Crippen LogP contribution >= 0.6 is 12.2 Å². The van der Waals surface area contributed by atoms with Gasteiger partial charge >= 0.3 is 0 Å². The van der Waals surface area contributed by atoms with Gasteiger partial charge in [0.05, 0.1) is 0 Å². The molecule has 0 spiro atoms. The SMILES string of the molecule is Cc1ccc(NC(=S)c2c(N)nc(N3CCCC3)[nH]c2=O)cc1. The molecule has 1 saturated heterocycles. The standard InChI is InChI=1S/C16H19N5OS/c1-10-4-6-11(7-5-10)18-15(23)12-13(17)19-16(20-14(12)22)21-8-2-3-9-21/h4-7H,2-3,8-9H2,1H3,(H,18,23)(H3,17,19,20,22). The van der Waals surface area contributed by atoms with Crippen LogP contribution in [-0.4, -0.2) is 28.0 Å². The van der Waals surface area contributed by atoms with Crippen LogP contribution < -0.4 is 21.5 Å². The topological polar surface area (TPSA) is 87.0 Å². The van der Waals surface area contributed by atoms with Gasteiger partial charge in [0, 0.05) is 18.8 Å². The Bertz CT molecular complexity index is 778. The largest absolute Gasteiger partial charge is 0.383 e. The first-order valence-corrected chi connectivity index (χ1v) is 7.98. The van der Waals surface area contributed by atoms with Crippen molar-refractivity contribution in [1.82, 2.24) is 9.97 Å². The summed E-state index contributed by atoms with van der Waals surface area (Å²) in [5.74, 6) is 0.673. The van der Waals surface area contributed by atoms with Crippen molar-refractivity contribution in [2.75, 3.05) is 29.0 Å². The Morgan fingerprint density at radius 1 is 1.30 bits per heavy atom. The Morgan fingerprint density at radius 3 is 2.57 bits per heavy atom. The van der Waals surface area contributed by atoms with Crippen molar-refractivity contribution in [2.45, 2.75) is 19.8 Å². The number of anilines is 3. The van der Waals surface area contributed by atoms with E-state index in [1.165, 1.54) is 0 Å². The zero-order chi connectivity index (χ0) is 16.4. The number of nitrogen functional groups attached to an aromatic ring is 1.